The number of fused-ring (bicyclic) bond motifs is 2. The highest BCUT2D eigenvalue weighted by Crippen LogP contribution is 2.27. The molecule has 4 rings (SSSR count). The number of pyridine rings is 1. The summed E-state index contributed by atoms with van der Waals surface area (Å²) in [7, 11) is 0. The van der Waals surface area contributed by atoms with Gasteiger partial charge in [-0.25, -0.2) is 9.97 Å². The standard InChI is InChI=1S/C21H21N7O/c1-2-3-11-24-21(29)17-18-20(27-16-10-5-4-9-15(16)26-18)28(19(17)22)25-13-14-8-6-7-12-23-14/h4-10,12-13H,2-3,11,22H2,1H3,(H,24,29)/b25-13-. The number of hydrogen-bond donors (Lipinski definition) is 2. The van der Waals surface area contributed by atoms with E-state index in [0.717, 1.165) is 12.8 Å². The number of aromatic nitrogens is 4. The maximum Gasteiger partial charge on any atom is 0.257 e. The maximum absolute atomic E-state index is 12.8. The molecule has 0 saturated carbocycles. The van der Waals surface area contributed by atoms with Crippen LogP contribution in [0, 0.1) is 0 Å². The van der Waals surface area contributed by atoms with Gasteiger partial charge in [0.05, 0.1) is 22.9 Å². The molecule has 3 aromatic heterocycles. The molecule has 0 atom stereocenters. The van der Waals surface area contributed by atoms with Gasteiger partial charge in [-0.2, -0.15) is 9.78 Å². The van der Waals surface area contributed by atoms with E-state index in [0.29, 0.717) is 34.4 Å². The molecule has 29 heavy (non-hydrogen) atoms. The zero-order chi connectivity index (χ0) is 20.2. The van der Waals surface area contributed by atoms with Crippen LogP contribution in [0.4, 0.5) is 5.82 Å². The van der Waals surface area contributed by atoms with Crippen LogP contribution in [0.5, 0.6) is 0 Å². The van der Waals surface area contributed by atoms with Crippen molar-refractivity contribution < 1.29 is 4.79 Å². The number of nitrogens with one attached hydrogen (secondary N) is 1. The van der Waals surface area contributed by atoms with Gasteiger partial charge in [-0.3, -0.25) is 9.78 Å². The molecule has 1 amide bonds. The Bertz CT molecular complexity index is 1200. The van der Waals surface area contributed by atoms with Crippen LogP contribution in [0.25, 0.3) is 22.2 Å². The Kier molecular flexibility index (Phi) is 5.15. The van der Waals surface area contributed by atoms with Crippen molar-refractivity contribution in [3.05, 3.63) is 59.9 Å². The normalized spacial score (nSPS) is 11.5. The summed E-state index contributed by atoms with van der Waals surface area (Å²) in [6.07, 6.45) is 5.12. The van der Waals surface area contributed by atoms with Crippen molar-refractivity contribution in [3.63, 3.8) is 0 Å². The topological polar surface area (TPSA) is 111 Å². The van der Waals surface area contributed by atoms with E-state index in [1.54, 1.807) is 12.4 Å². The van der Waals surface area contributed by atoms with E-state index in [1.165, 1.54) is 4.68 Å². The number of amides is 1. The van der Waals surface area contributed by atoms with Crippen molar-refractivity contribution in [1.29, 1.82) is 0 Å². The summed E-state index contributed by atoms with van der Waals surface area (Å²) in [6, 6.07) is 13.0. The lowest BCUT2D eigenvalue weighted by atomic mass is 10.2. The minimum absolute atomic E-state index is 0.191. The Morgan fingerprint density at radius 3 is 2.66 bits per heavy atom. The summed E-state index contributed by atoms with van der Waals surface area (Å²) in [5.41, 5.74) is 9.52. The van der Waals surface area contributed by atoms with Crippen molar-refractivity contribution in [3.8, 4) is 0 Å². The number of rotatable bonds is 6. The molecule has 0 aliphatic carbocycles. The van der Waals surface area contributed by atoms with Gasteiger partial charge in [-0.05, 0) is 30.7 Å². The number of nitrogens with two attached hydrogens (primary N) is 1. The molecule has 0 aliphatic heterocycles. The number of carbonyl (C=O) groups excluding carboxylic acids is 1. The van der Waals surface area contributed by atoms with Crippen LogP contribution >= 0.6 is 0 Å². The van der Waals surface area contributed by atoms with Gasteiger partial charge in [0.25, 0.3) is 5.91 Å². The SMILES string of the molecule is CCCCNC(=O)c1c(N)n(/N=C\c2ccccn2)c2nc3ccccc3nc12. The molecule has 3 heterocycles. The van der Waals surface area contributed by atoms with Crippen molar-refractivity contribution in [2.45, 2.75) is 19.8 Å². The quantitative estimate of drug-likeness (QED) is 0.390. The molecule has 0 unspecified atom stereocenters. The first-order valence-electron chi connectivity index (χ1n) is 9.49. The van der Waals surface area contributed by atoms with E-state index < -0.39 is 0 Å². The number of benzene rings is 1. The Morgan fingerprint density at radius 2 is 1.93 bits per heavy atom. The Morgan fingerprint density at radius 1 is 1.17 bits per heavy atom. The lowest BCUT2D eigenvalue weighted by Gasteiger charge is -2.04. The van der Waals surface area contributed by atoms with Gasteiger partial charge in [0.1, 0.15) is 16.9 Å². The zero-order valence-electron chi connectivity index (χ0n) is 16.0. The van der Waals surface area contributed by atoms with Gasteiger partial charge in [0, 0.05) is 12.7 Å². The second kappa shape index (κ2) is 8.05. The molecular weight excluding hydrogens is 366 g/mol. The first kappa shape index (κ1) is 18.5. The third-order valence-electron chi connectivity index (χ3n) is 4.51. The van der Waals surface area contributed by atoms with Crippen molar-refractivity contribution in [2.24, 2.45) is 5.10 Å². The van der Waals surface area contributed by atoms with Crippen LogP contribution in [-0.2, 0) is 0 Å². The lowest BCUT2D eigenvalue weighted by molar-refractivity contribution is 0.0955. The average molecular weight is 387 g/mol. The van der Waals surface area contributed by atoms with Gasteiger partial charge in [-0.1, -0.05) is 31.5 Å². The molecule has 8 nitrogen and oxygen atoms in total. The van der Waals surface area contributed by atoms with E-state index in [2.05, 4.69) is 32.3 Å². The highest BCUT2D eigenvalue weighted by molar-refractivity contribution is 6.10. The fraction of sp³-hybridized carbons (Fsp3) is 0.190. The summed E-state index contributed by atoms with van der Waals surface area (Å²) in [4.78, 5) is 26.4. The molecule has 0 bridgehead atoms. The Hall–Kier alpha value is -3.81. The lowest BCUT2D eigenvalue weighted by Crippen LogP contribution is -2.25. The predicted octanol–water partition coefficient (Wildman–Crippen LogP) is 2.97. The monoisotopic (exact) mass is 387 g/mol. The van der Waals surface area contributed by atoms with Gasteiger partial charge in [0.15, 0.2) is 5.65 Å². The number of carbonyl (C=O) groups is 1. The summed E-state index contributed by atoms with van der Waals surface area (Å²) in [5, 5.41) is 7.34. The summed E-state index contributed by atoms with van der Waals surface area (Å²) in [6.45, 7) is 2.63. The van der Waals surface area contributed by atoms with Crippen LogP contribution in [-0.4, -0.2) is 38.3 Å². The molecule has 0 saturated heterocycles. The average Bonchev–Trinajstić information content (AvgIpc) is 3.01. The molecule has 0 radical (unpaired) electrons. The van der Waals surface area contributed by atoms with Crippen LogP contribution in [0.3, 0.4) is 0 Å². The third kappa shape index (κ3) is 3.64. The number of unbranched alkanes of at least 4 members (excludes halogenated alkanes) is 1. The van der Waals surface area contributed by atoms with E-state index >= 15 is 0 Å². The highest BCUT2D eigenvalue weighted by atomic mass is 16.1. The summed E-state index contributed by atoms with van der Waals surface area (Å²) < 4.78 is 1.44. The van der Waals surface area contributed by atoms with Crippen molar-refractivity contribution >= 4 is 40.1 Å². The van der Waals surface area contributed by atoms with Crippen LogP contribution < -0.4 is 11.1 Å². The number of anilines is 1. The Balaban J connectivity index is 1.87. The van der Waals surface area contributed by atoms with Crippen LogP contribution in [0.2, 0.25) is 0 Å². The van der Waals surface area contributed by atoms with Crippen LogP contribution in [0.1, 0.15) is 35.8 Å². The van der Waals surface area contributed by atoms with Gasteiger partial charge in [-0.15, -0.1) is 0 Å². The molecule has 0 fully saturated rings. The summed E-state index contributed by atoms with van der Waals surface area (Å²) in [5.74, 6) is -0.0891. The summed E-state index contributed by atoms with van der Waals surface area (Å²) >= 11 is 0. The molecular formula is C21H21N7O. The molecule has 4 aromatic rings. The minimum Gasteiger partial charge on any atom is -0.383 e. The number of para-hydroxylation sites is 2. The third-order valence-corrected chi connectivity index (χ3v) is 4.51. The minimum atomic E-state index is -0.280. The smallest absolute Gasteiger partial charge is 0.257 e. The first-order chi connectivity index (χ1) is 14.2. The predicted molar refractivity (Wildman–Crippen MR) is 114 cm³/mol. The highest BCUT2D eigenvalue weighted by Gasteiger charge is 2.23. The molecule has 8 heteroatoms. The van der Waals surface area contributed by atoms with E-state index in [1.807, 2.05) is 42.5 Å². The van der Waals surface area contributed by atoms with E-state index in [-0.39, 0.29) is 17.3 Å². The second-order valence-corrected chi connectivity index (χ2v) is 6.57. The largest absolute Gasteiger partial charge is 0.383 e. The Labute approximate surface area is 167 Å². The molecule has 1 aromatic carbocycles. The first-order valence-corrected chi connectivity index (χ1v) is 9.49. The van der Waals surface area contributed by atoms with E-state index in [4.69, 9.17) is 5.73 Å². The van der Waals surface area contributed by atoms with Crippen molar-refractivity contribution in [1.82, 2.24) is 24.9 Å². The number of nitrogens with zero attached hydrogens (tertiary/aromatic N) is 5. The van der Waals surface area contributed by atoms with Gasteiger partial charge in [0.2, 0.25) is 0 Å². The molecule has 0 aliphatic rings. The van der Waals surface area contributed by atoms with E-state index in [9.17, 15) is 4.79 Å². The number of nitrogen functional groups attached to an aromatic ring is 1. The van der Waals surface area contributed by atoms with Gasteiger partial charge >= 0.3 is 0 Å². The zero-order valence-corrected chi connectivity index (χ0v) is 16.0. The van der Waals surface area contributed by atoms with Crippen LogP contribution in [0.15, 0.2) is 53.8 Å². The molecule has 0 spiro atoms. The fourth-order valence-electron chi connectivity index (χ4n) is 3.02. The second-order valence-electron chi connectivity index (χ2n) is 6.57. The van der Waals surface area contributed by atoms with Gasteiger partial charge < -0.3 is 11.1 Å². The molecule has 3 N–H and O–H groups in total. The van der Waals surface area contributed by atoms with Crippen molar-refractivity contribution in [2.75, 3.05) is 12.3 Å². The molecule has 146 valence electrons. The maximum atomic E-state index is 12.8. The fourth-order valence-corrected chi connectivity index (χ4v) is 3.02. The number of hydrogen-bond acceptors (Lipinski definition) is 6.